The topological polar surface area (TPSA) is 182 Å². The third-order valence-corrected chi connectivity index (χ3v) is 7.68. The van der Waals surface area contributed by atoms with Crippen molar-refractivity contribution in [2.24, 2.45) is 0 Å². The second-order valence-electron chi connectivity index (χ2n) is 9.75. The SMILES string of the molecule is CC(C)(C)c1cnc(CSc2cnc(NC(=O)CC(=O)Nc3ccn([C@@H]4O[C@H](CO)C(O)C4(F)F)c(=O)n3)s2)o1. The van der Waals surface area contributed by atoms with Gasteiger partial charge in [-0.2, -0.15) is 13.8 Å². The molecule has 4 N–H and O–H groups in total. The van der Waals surface area contributed by atoms with Gasteiger partial charge in [-0.3, -0.25) is 14.2 Å². The molecule has 4 heterocycles. The van der Waals surface area contributed by atoms with Gasteiger partial charge in [-0.05, 0) is 6.07 Å². The van der Waals surface area contributed by atoms with Crippen LogP contribution in [0.3, 0.4) is 0 Å². The number of hydrogen-bond acceptors (Lipinski definition) is 12. The molecule has 1 aliphatic heterocycles. The van der Waals surface area contributed by atoms with Gasteiger partial charge in [0, 0.05) is 11.6 Å². The third kappa shape index (κ3) is 6.72. The quantitative estimate of drug-likeness (QED) is 0.209. The number of oxazole rings is 1. The Bertz CT molecular complexity index is 1440. The molecule has 17 heteroatoms. The highest BCUT2D eigenvalue weighted by molar-refractivity contribution is 8.00. The molecule has 0 aromatic carbocycles. The number of thioether (sulfide) groups is 1. The van der Waals surface area contributed by atoms with Crippen LogP contribution in [0.2, 0.25) is 0 Å². The largest absolute Gasteiger partial charge is 0.444 e. The standard InChI is InChI=1S/C23H26F2N6O7S2/c1-22(2,3)12-7-26-16(38-12)10-39-17-8-27-20(40-17)30-15(34)6-14(33)28-13-4-5-31(21(36)29-13)19-23(24,25)18(35)11(9-32)37-19/h4-5,7-8,11,18-19,32,35H,6,9-10H2,1-3H3,(H,27,30,34)(H,28,29,33,36)/t11-,18?,19-/m1/s1. The van der Waals surface area contributed by atoms with E-state index in [0.29, 0.717) is 16.2 Å². The minimum Gasteiger partial charge on any atom is -0.444 e. The highest BCUT2D eigenvalue weighted by Gasteiger charge is 2.59. The summed E-state index contributed by atoms with van der Waals surface area (Å²) in [6.45, 7) is 5.18. The molecule has 0 saturated carbocycles. The molecule has 2 amide bonds. The van der Waals surface area contributed by atoms with Crippen LogP contribution in [-0.4, -0.2) is 66.3 Å². The van der Waals surface area contributed by atoms with Crippen molar-refractivity contribution in [2.45, 2.75) is 66.9 Å². The zero-order chi connectivity index (χ0) is 29.2. The smallest absolute Gasteiger partial charge is 0.351 e. The fourth-order valence-electron chi connectivity index (χ4n) is 3.52. The number of alkyl halides is 2. The minimum absolute atomic E-state index is 0.155. The second-order valence-corrected chi connectivity index (χ2v) is 12.1. The molecule has 13 nitrogen and oxygen atoms in total. The van der Waals surface area contributed by atoms with E-state index in [0.717, 1.165) is 22.2 Å². The van der Waals surface area contributed by atoms with Crippen molar-refractivity contribution >= 4 is 45.9 Å². The van der Waals surface area contributed by atoms with Crippen LogP contribution in [0.5, 0.6) is 0 Å². The van der Waals surface area contributed by atoms with Crippen LogP contribution in [0.4, 0.5) is 19.7 Å². The average molecular weight is 601 g/mol. The number of amides is 2. The van der Waals surface area contributed by atoms with Gasteiger partial charge in [-0.15, -0.1) is 11.8 Å². The predicted molar refractivity (Wildman–Crippen MR) is 139 cm³/mol. The number of nitrogens with zero attached hydrogens (tertiary/aromatic N) is 4. The van der Waals surface area contributed by atoms with Crippen molar-refractivity contribution < 1.29 is 37.7 Å². The van der Waals surface area contributed by atoms with Gasteiger partial charge >= 0.3 is 11.6 Å². The molecule has 3 aromatic rings. The minimum atomic E-state index is -3.87. The van der Waals surface area contributed by atoms with Crippen LogP contribution < -0.4 is 16.3 Å². The molecule has 0 aliphatic carbocycles. The molecule has 3 atom stereocenters. The molecule has 3 aromatic heterocycles. The lowest BCUT2D eigenvalue weighted by Gasteiger charge is -2.21. The molecule has 4 rings (SSSR count). The summed E-state index contributed by atoms with van der Waals surface area (Å²) in [7, 11) is 0. The summed E-state index contributed by atoms with van der Waals surface area (Å²) in [6.07, 6.45) is -2.59. The Morgan fingerprint density at radius 3 is 2.58 bits per heavy atom. The van der Waals surface area contributed by atoms with Gasteiger partial charge in [-0.25, -0.2) is 14.8 Å². The predicted octanol–water partition coefficient (Wildman–Crippen LogP) is 2.13. The summed E-state index contributed by atoms with van der Waals surface area (Å²) >= 11 is 2.62. The zero-order valence-electron chi connectivity index (χ0n) is 21.5. The van der Waals surface area contributed by atoms with Crippen molar-refractivity contribution in [3.05, 3.63) is 46.8 Å². The molecule has 216 valence electrons. The summed E-state index contributed by atoms with van der Waals surface area (Å²) in [4.78, 5) is 48.7. The Labute approximate surface area is 234 Å². The lowest BCUT2D eigenvalue weighted by Crippen LogP contribution is -2.41. The van der Waals surface area contributed by atoms with E-state index in [1.807, 2.05) is 20.8 Å². The van der Waals surface area contributed by atoms with Crippen LogP contribution in [0.15, 0.2) is 38.1 Å². The van der Waals surface area contributed by atoms with E-state index in [1.54, 1.807) is 12.4 Å². The average Bonchev–Trinajstić information content (AvgIpc) is 3.57. The maximum atomic E-state index is 14.3. The number of nitrogens with one attached hydrogen (secondary N) is 2. The first kappa shape index (κ1) is 29.7. The van der Waals surface area contributed by atoms with E-state index in [9.17, 15) is 28.3 Å². The summed E-state index contributed by atoms with van der Waals surface area (Å²) in [5.74, 6) is -3.85. The van der Waals surface area contributed by atoms with Gasteiger partial charge in [-0.1, -0.05) is 32.1 Å². The molecule has 1 aliphatic rings. The highest BCUT2D eigenvalue weighted by Crippen LogP contribution is 2.42. The molecule has 0 spiro atoms. The molecular weight excluding hydrogens is 574 g/mol. The fourth-order valence-corrected chi connectivity index (χ4v) is 5.26. The fraction of sp³-hybridized carbons (Fsp3) is 0.478. The van der Waals surface area contributed by atoms with Crippen molar-refractivity contribution in [3.63, 3.8) is 0 Å². The maximum absolute atomic E-state index is 14.3. The van der Waals surface area contributed by atoms with Gasteiger partial charge in [0.25, 0.3) is 0 Å². The number of thiazole rings is 1. The Kier molecular flexibility index (Phi) is 8.69. The number of ether oxygens (including phenoxy) is 1. The first-order chi connectivity index (χ1) is 18.8. The number of aliphatic hydroxyl groups excluding tert-OH is 2. The number of aromatic nitrogens is 4. The van der Waals surface area contributed by atoms with E-state index in [2.05, 4.69) is 25.6 Å². The van der Waals surface area contributed by atoms with E-state index in [4.69, 9.17) is 14.3 Å². The zero-order valence-corrected chi connectivity index (χ0v) is 23.1. The first-order valence-corrected chi connectivity index (χ1v) is 13.6. The number of carbonyl (C=O) groups is 2. The van der Waals surface area contributed by atoms with Crippen LogP contribution >= 0.6 is 23.1 Å². The third-order valence-electron chi connectivity index (χ3n) is 5.59. The van der Waals surface area contributed by atoms with Crippen molar-refractivity contribution in [2.75, 3.05) is 17.2 Å². The van der Waals surface area contributed by atoms with Crippen LogP contribution in [0.25, 0.3) is 0 Å². The van der Waals surface area contributed by atoms with Crippen LogP contribution in [0, 0.1) is 0 Å². The number of aliphatic hydroxyl groups is 2. The number of hydrogen-bond donors (Lipinski definition) is 4. The lowest BCUT2D eigenvalue weighted by atomic mass is 9.94. The Morgan fingerprint density at radius 2 is 1.95 bits per heavy atom. The van der Waals surface area contributed by atoms with E-state index in [1.165, 1.54) is 23.1 Å². The van der Waals surface area contributed by atoms with Crippen LogP contribution in [-0.2, 0) is 25.5 Å². The van der Waals surface area contributed by atoms with Gasteiger partial charge in [0.05, 0.1) is 29.0 Å². The number of halogens is 2. The van der Waals surface area contributed by atoms with Gasteiger partial charge in [0.2, 0.25) is 23.9 Å². The summed E-state index contributed by atoms with van der Waals surface area (Å²) in [5.41, 5.74) is -1.36. The normalized spacial score (nSPS) is 20.4. The summed E-state index contributed by atoms with van der Waals surface area (Å²) < 4.78 is 40.5. The summed E-state index contributed by atoms with van der Waals surface area (Å²) in [6, 6.07) is 1.05. The Balaban J connectivity index is 1.28. The first-order valence-electron chi connectivity index (χ1n) is 11.8. The molecule has 0 radical (unpaired) electrons. The van der Waals surface area contributed by atoms with Crippen molar-refractivity contribution in [1.29, 1.82) is 0 Å². The maximum Gasteiger partial charge on any atom is 0.351 e. The Morgan fingerprint density at radius 1 is 1.23 bits per heavy atom. The van der Waals surface area contributed by atoms with Crippen LogP contribution in [0.1, 0.15) is 45.1 Å². The lowest BCUT2D eigenvalue weighted by molar-refractivity contribution is -0.141. The molecule has 1 fully saturated rings. The molecule has 40 heavy (non-hydrogen) atoms. The highest BCUT2D eigenvalue weighted by atomic mass is 32.2. The number of anilines is 2. The number of rotatable bonds is 9. The molecular formula is C23H26F2N6O7S2. The monoisotopic (exact) mass is 600 g/mol. The van der Waals surface area contributed by atoms with Crippen molar-refractivity contribution in [1.82, 2.24) is 19.5 Å². The van der Waals surface area contributed by atoms with E-state index < -0.39 is 54.9 Å². The van der Waals surface area contributed by atoms with E-state index >= 15 is 0 Å². The molecule has 0 bridgehead atoms. The molecule has 1 saturated heterocycles. The second kappa shape index (κ2) is 11.7. The van der Waals surface area contributed by atoms with Gasteiger partial charge in [0.15, 0.2) is 11.2 Å². The van der Waals surface area contributed by atoms with E-state index in [-0.39, 0.29) is 16.4 Å². The van der Waals surface area contributed by atoms with Gasteiger partial charge < -0.3 is 30.0 Å². The Hall–Kier alpha value is -3.25. The van der Waals surface area contributed by atoms with Gasteiger partial charge in [0.1, 0.15) is 24.1 Å². The number of carbonyl (C=O) groups excluding carboxylic acids is 2. The molecule has 1 unspecified atom stereocenters. The summed E-state index contributed by atoms with van der Waals surface area (Å²) in [5, 5.41) is 23.7. The van der Waals surface area contributed by atoms with Crippen molar-refractivity contribution in [3.8, 4) is 0 Å².